The van der Waals surface area contributed by atoms with Crippen LogP contribution < -0.4 is 9.47 Å². The molecule has 6 nitrogen and oxygen atoms in total. The Hall–Kier alpha value is -3.02. The van der Waals surface area contributed by atoms with Crippen LogP contribution in [0, 0.1) is 0 Å². The zero-order valence-corrected chi connectivity index (χ0v) is 17.6. The van der Waals surface area contributed by atoms with Crippen LogP contribution in [0.5, 0.6) is 23.0 Å². The average Bonchev–Trinajstić information content (AvgIpc) is 2.74. The number of hydrogen-bond acceptors (Lipinski definition) is 6. The normalized spacial score (nSPS) is 10.6. The Morgan fingerprint density at radius 1 is 0.667 bits per heavy atom. The fourth-order valence-electron chi connectivity index (χ4n) is 3.30. The van der Waals surface area contributed by atoms with E-state index in [-0.39, 0.29) is 23.1 Å². The van der Waals surface area contributed by atoms with E-state index in [1.807, 2.05) is 0 Å². The first-order valence-electron chi connectivity index (χ1n) is 10.3. The predicted octanol–water partition coefficient (Wildman–Crippen LogP) is 5.30. The fourth-order valence-corrected chi connectivity index (χ4v) is 3.30. The van der Waals surface area contributed by atoms with E-state index < -0.39 is 0 Å². The second kappa shape index (κ2) is 11.9. The molecule has 0 aliphatic rings. The number of ketones is 2. The number of methoxy groups -OCH3 is 2. The van der Waals surface area contributed by atoms with Crippen molar-refractivity contribution in [2.75, 3.05) is 14.2 Å². The average molecular weight is 414 g/mol. The molecular formula is C24H30O6. The van der Waals surface area contributed by atoms with Crippen molar-refractivity contribution in [2.24, 2.45) is 0 Å². The SMILES string of the molecule is COc1ccc(C(=O)CCCCCCCCC(=O)c2ccc(OC)cc2O)c(O)c1. The number of rotatable bonds is 13. The van der Waals surface area contributed by atoms with E-state index in [1.54, 1.807) is 24.3 Å². The predicted molar refractivity (Wildman–Crippen MR) is 115 cm³/mol. The Morgan fingerprint density at radius 2 is 1.03 bits per heavy atom. The van der Waals surface area contributed by atoms with Crippen LogP contribution in [0.4, 0.5) is 0 Å². The number of phenolic OH excluding ortho intramolecular Hbond substituents is 2. The van der Waals surface area contributed by atoms with Crippen molar-refractivity contribution in [3.8, 4) is 23.0 Å². The standard InChI is InChI=1S/C24H30O6/c1-29-17-11-13-19(23(27)15-17)21(25)9-7-5-3-4-6-8-10-22(26)20-14-12-18(30-2)16-24(20)28/h11-16,27-28H,3-10H2,1-2H3. The molecule has 6 heteroatoms. The van der Waals surface area contributed by atoms with Gasteiger partial charge >= 0.3 is 0 Å². The summed E-state index contributed by atoms with van der Waals surface area (Å²) in [6.45, 7) is 0. The summed E-state index contributed by atoms with van der Waals surface area (Å²) in [4.78, 5) is 24.4. The van der Waals surface area contributed by atoms with Gasteiger partial charge in [-0.25, -0.2) is 0 Å². The first-order valence-corrected chi connectivity index (χ1v) is 10.3. The van der Waals surface area contributed by atoms with Crippen molar-refractivity contribution < 1.29 is 29.3 Å². The summed E-state index contributed by atoms with van der Waals surface area (Å²) in [7, 11) is 3.02. The second-order valence-corrected chi connectivity index (χ2v) is 7.23. The first kappa shape index (κ1) is 23.3. The van der Waals surface area contributed by atoms with Crippen molar-refractivity contribution in [3.63, 3.8) is 0 Å². The lowest BCUT2D eigenvalue weighted by atomic mass is 10.0. The van der Waals surface area contributed by atoms with Gasteiger partial charge in [0.25, 0.3) is 0 Å². The summed E-state index contributed by atoms with van der Waals surface area (Å²) in [5.41, 5.74) is 0.659. The monoisotopic (exact) mass is 414 g/mol. The minimum absolute atomic E-state index is 0.0492. The molecule has 30 heavy (non-hydrogen) atoms. The van der Waals surface area contributed by atoms with Gasteiger partial charge < -0.3 is 19.7 Å². The summed E-state index contributed by atoms with van der Waals surface area (Å²) in [5.74, 6) is 0.799. The van der Waals surface area contributed by atoms with Crippen LogP contribution in [0.3, 0.4) is 0 Å². The lowest BCUT2D eigenvalue weighted by Crippen LogP contribution is -2.00. The molecule has 0 bridgehead atoms. The summed E-state index contributed by atoms with van der Waals surface area (Å²) >= 11 is 0. The highest BCUT2D eigenvalue weighted by Gasteiger charge is 2.13. The Balaban J connectivity index is 1.60. The fraction of sp³-hybridized carbons (Fsp3) is 0.417. The molecule has 2 aromatic carbocycles. The topological polar surface area (TPSA) is 93.1 Å². The molecule has 162 valence electrons. The van der Waals surface area contributed by atoms with Gasteiger partial charge in [-0.05, 0) is 37.1 Å². The van der Waals surface area contributed by atoms with E-state index in [9.17, 15) is 19.8 Å². The molecule has 0 spiro atoms. The van der Waals surface area contributed by atoms with Gasteiger partial charge in [-0.1, -0.05) is 25.7 Å². The molecule has 0 radical (unpaired) electrons. The lowest BCUT2D eigenvalue weighted by molar-refractivity contribution is 0.0966. The van der Waals surface area contributed by atoms with Gasteiger partial charge in [0.2, 0.25) is 0 Å². The van der Waals surface area contributed by atoms with Gasteiger partial charge in [0.15, 0.2) is 11.6 Å². The minimum Gasteiger partial charge on any atom is -0.507 e. The number of aromatic hydroxyl groups is 2. The van der Waals surface area contributed by atoms with Crippen molar-refractivity contribution >= 4 is 11.6 Å². The van der Waals surface area contributed by atoms with Crippen LogP contribution in [0.15, 0.2) is 36.4 Å². The van der Waals surface area contributed by atoms with Crippen molar-refractivity contribution in [1.29, 1.82) is 0 Å². The molecule has 0 saturated heterocycles. The number of Topliss-reactive ketones (excluding diaryl/α,β-unsaturated/α-hetero) is 2. The van der Waals surface area contributed by atoms with Crippen LogP contribution in [0.2, 0.25) is 0 Å². The van der Waals surface area contributed by atoms with Gasteiger partial charge in [0.05, 0.1) is 25.3 Å². The molecule has 0 fully saturated rings. The summed E-state index contributed by atoms with van der Waals surface area (Å²) in [6, 6.07) is 9.41. The van der Waals surface area contributed by atoms with Crippen LogP contribution >= 0.6 is 0 Å². The van der Waals surface area contributed by atoms with E-state index in [0.717, 1.165) is 38.5 Å². The maximum absolute atomic E-state index is 12.2. The maximum Gasteiger partial charge on any atom is 0.166 e. The highest BCUT2D eigenvalue weighted by molar-refractivity contribution is 5.99. The van der Waals surface area contributed by atoms with E-state index in [1.165, 1.54) is 26.4 Å². The lowest BCUT2D eigenvalue weighted by Gasteiger charge is -2.07. The highest BCUT2D eigenvalue weighted by Crippen LogP contribution is 2.26. The molecule has 0 amide bonds. The van der Waals surface area contributed by atoms with E-state index >= 15 is 0 Å². The zero-order chi connectivity index (χ0) is 21.9. The summed E-state index contributed by atoms with van der Waals surface area (Å²) in [5, 5.41) is 19.8. The molecule has 0 aromatic heterocycles. The molecule has 0 heterocycles. The Bertz CT molecular complexity index is 787. The third-order valence-electron chi connectivity index (χ3n) is 5.07. The molecule has 2 aromatic rings. The van der Waals surface area contributed by atoms with Crippen molar-refractivity contribution in [1.82, 2.24) is 0 Å². The Kier molecular flexibility index (Phi) is 9.19. The molecule has 0 unspecified atom stereocenters. The van der Waals surface area contributed by atoms with Gasteiger partial charge in [0.1, 0.15) is 23.0 Å². The minimum atomic E-state index is -0.0694. The molecule has 0 aliphatic heterocycles. The molecule has 2 N–H and O–H groups in total. The maximum atomic E-state index is 12.2. The molecule has 0 atom stereocenters. The zero-order valence-electron chi connectivity index (χ0n) is 17.6. The first-order chi connectivity index (χ1) is 14.5. The summed E-state index contributed by atoms with van der Waals surface area (Å²) < 4.78 is 10.0. The smallest absolute Gasteiger partial charge is 0.166 e. The van der Waals surface area contributed by atoms with Gasteiger partial charge in [-0.3, -0.25) is 9.59 Å². The van der Waals surface area contributed by atoms with Crippen LogP contribution in [0.25, 0.3) is 0 Å². The van der Waals surface area contributed by atoms with Crippen LogP contribution in [-0.4, -0.2) is 36.0 Å². The molecule has 0 aliphatic carbocycles. The third kappa shape index (κ3) is 6.79. The number of carbonyl (C=O) groups excluding carboxylic acids is 2. The van der Waals surface area contributed by atoms with Crippen LogP contribution in [0.1, 0.15) is 72.1 Å². The van der Waals surface area contributed by atoms with Gasteiger partial charge in [-0.15, -0.1) is 0 Å². The Morgan fingerprint density at radius 3 is 1.37 bits per heavy atom. The number of hydrogen-bond donors (Lipinski definition) is 2. The number of ether oxygens (including phenoxy) is 2. The largest absolute Gasteiger partial charge is 0.507 e. The number of phenols is 2. The third-order valence-corrected chi connectivity index (χ3v) is 5.07. The molecular weight excluding hydrogens is 384 g/mol. The quantitative estimate of drug-likeness (QED) is 0.341. The summed E-state index contributed by atoms with van der Waals surface area (Å²) in [6.07, 6.45) is 6.16. The van der Waals surface area contributed by atoms with E-state index in [2.05, 4.69) is 0 Å². The second-order valence-electron chi connectivity index (χ2n) is 7.23. The van der Waals surface area contributed by atoms with Crippen molar-refractivity contribution in [3.05, 3.63) is 47.5 Å². The van der Waals surface area contributed by atoms with Crippen molar-refractivity contribution in [2.45, 2.75) is 51.4 Å². The van der Waals surface area contributed by atoms with Crippen LogP contribution in [-0.2, 0) is 0 Å². The molecule has 2 rings (SSSR count). The number of carbonyl (C=O) groups is 2. The highest BCUT2D eigenvalue weighted by atomic mass is 16.5. The number of unbranched alkanes of at least 4 members (excludes halogenated alkanes) is 5. The number of benzene rings is 2. The Labute approximate surface area is 177 Å². The van der Waals surface area contributed by atoms with Gasteiger partial charge in [0, 0.05) is 25.0 Å². The molecule has 0 saturated carbocycles. The van der Waals surface area contributed by atoms with E-state index in [0.29, 0.717) is 35.5 Å². The van der Waals surface area contributed by atoms with E-state index in [4.69, 9.17) is 9.47 Å². The van der Waals surface area contributed by atoms with Gasteiger partial charge in [-0.2, -0.15) is 0 Å².